The van der Waals surface area contributed by atoms with Crippen LogP contribution in [0.2, 0.25) is 0 Å². The van der Waals surface area contributed by atoms with E-state index in [0.717, 1.165) is 0 Å². The summed E-state index contributed by atoms with van der Waals surface area (Å²) in [6.45, 7) is 8.63. The molecule has 278 valence electrons. The monoisotopic (exact) mass is 753 g/mol. The molecule has 2 bridgehead atoms. The lowest BCUT2D eigenvalue weighted by atomic mass is 9.47. The van der Waals surface area contributed by atoms with Gasteiger partial charge in [0.15, 0.2) is 18.0 Å². The lowest BCUT2D eigenvalue weighted by molar-refractivity contribution is -0.314. The van der Waals surface area contributed by atoms with Crippen LogP contribution in [0.4, 0.5) is 0 Å². The maximum atomic E-state index is 15.0. The fraction of sp³-hybridized carbons (Fsp3) is 0.526. The lowest BCUT2D eigenvalue weighted by Gasteiger charge is -2.62. The number of aliphatic hydroxyl groups is 1. The SMILES string of the molecule is CC(=O)O[C@H]1C(=O)[C@@]2(C)C([C@@H]3O[C@]34C[C@H](OC(=O)[C@H](OP)[C@@H](NC(=O)c3ccccc3)c3ccccc3)C(C)=C1C4(C)C)[C@]1(O)CO[C@@H]1C[C@@H]2OP. The highest BCUT2D eigenvalue weighted by atomic mass is 31.0. The summed E-state index contributed by atoms with van der Waals surface area (Å²) < 4.78 is 36.3. The second-order valence-corrected chi connectivity index (χ2v) is 15.9. The number of esters is 2. The van der Waals surface area contributed by atoms with Gasteiger partial charge in [-0.1, -0.05) is 62.4 Å². The summed E-state index contributed by atoms with van der Waals surface area (Å²) in [6.07, 6.45) is -5.15. The molecule has 12 nitrogen and oxygen atoms in total. The van der Waals surface area contributed by atoms with Gasteiger partial charge < -0.3 is 38.4 Å². The average Bonchev–Trinajstić information content (AvgIpc) is 3.83. The number of hydrogen-bond acceptors (Lipinski definition) is 11. The maximum absolute atomic E-state index is 15.0. The highest BCUT2D eigenvalue weighted by Gasteiger charge is 2.82. The molecule has 2 aliphatic heterocycles. The molecule has 4 fully saturated rings. The number of carbonyl (C=O) groups excluding carboxylic acids is 4. The van der Waals surface area contributed by atoms with Gasteiger partial charge in [0, 0.05) is 55.6 Å². The summed E-state index contributed by atoms with van der Waals surface area (Å²) in [6, 6.07) is 16.6. The Hall–Kier alpha value is -3.08. The Morgan fingerprint density at radius 2 is 1.65 bits per heavy atom. The Balaban J connectivity index is 1.29. The fourth-order valence-electron chi connectivity index (χ4n) is 9.60. The normalized spacial score (nSPS) is 36.7. The molecule has 14 heteroatoms. The molecule has 3 aliphatic carbocycles. The molecular formula is C38H45NO11P2. The van der Waals surface area contributed by atoms with Gasteiger partial charge in [-0.05, 0) is 42.7 Å². The Morgan fingerprint density at radius 3 is 2.23 bits per heavy atom. The van der Waals surface area contributed by atoms with Gasteiger partial charge in [0.1, 0.15) is 17.3 Å². The number of Topliss-reactive ketones (excluding diaryl/α,β-unsaturated/α-hetero) is 1. The second-order valence-electron chi connectivity index (χ2n) is 15.3. The van der Waals surface area contributed by atoms with E-state index >= 15 is 4.79 Å². The van der Waals surface area contributed by atoms with Crippen molar-refractivity contribution in [2.45, 2.75) is 101 Å². The molecule has 13 atom stereocenters. The van der Waals surface area contributed by atoms with Crippen molar-refractivity contribution in [2.24, 2.45) is 16.7 Å². The van der Waals surface area contributed by atoms with E-state index in [9.17, 15) is 19.5 Å². The van der Waals surface area contributed by atoms with Gasteiger partial charge in [0.05, 0.1) is 36.4 Å². The van der Waals surface area contributed by atoms with Crippen LogP contribution in [0, 0.1) is 16.7 Å². The first-order chi connectivity index (χ1) is 24.6. The summed E-state index contributed by atoms with van der Waals surface area (Å²) in [5.74, 6) is -3.08. The predicted octanol–water partition coefficient (Wildman–Crippen LogP) is 3.97. The Morgan fingerprint density at radius 1 is 1.00 bits per heavy atom. The molecule has 2 aromatic carbocycles. The molecule has 2 heterocycles. The van der Waals surface area contributed by atoms with E-state index in [1.165, 1.54) is 6.92 Å². The van der Waals surface area contributed by atoms with Crippen molar-refractivity contribution in [3.8, 4) is 0 Å². The van der Waals surface area contributed by atoms with Crippen LogP contribution in [0.3, 0.4) is 0 Å². The van der Waals surface area contributed by atoms with Crippen LogP contribution in [0.25, 0.3) is 0 Å². The van der Waals surface area contributed by atoms with E-state index in [1.807, 2.05) is 19.9 Å². The van der Waals surface area contributed by atoms with Crippen molar-refractivity contribution in [3.63, 3.8) is 0 Å². The lowest BCUT2D eigenvalue weighted by Crippen LogP contribution is -2.76. The molecule has 0 aromatic heterocycles. The number of benzene rings is 2. The first-order valence-corrected chi connectivity index (χ1v) is 18.4. The quantitative estimate of drug-likeness (QED) is 0.165. The van der Waals surface area contributed by atoms with E-state index in [1.54, 1.807) is 68.4 Å². The molecule has 2 saturated heterocycles. The first kappa shape index (κ1) is 37.2. The van der Waals surface area contributed by atoms with E-state index in [2.05, 4.69) is 24.3 Å². The zero-order chi connectivity index (χ0) is 37.4. The summed E-state index contributed by atoms with van der Waals surface area (Å²) in [5.41, 5.74) is -2.67. The van der Waals surface area contributed by atoms with Crippen molar-refractivity contribution in [2.75, 3.05) is 6.61 Å². The molecule has 3 unspecified atom stereocenters. The van der Waals surface area contributed by atoms with E-state index < -0.39 is 94.2 Å². The van der Waals surface area contributed by atoms with E-state index in [4.69, 9.17) is 28.0 Å². The van der Waals surface area contributed by atoms with Crippen LogP contribution < -0.4 is 5.32 Å². The molecule has 1 spiro atoms. The van der Waals surface area contributed by atoms with Gasteiger partial charge >= 0.3 is 11.9 Å². The summed E-state index contributed by atoms with van der Waals surface area (Å²) in [7, 11) is 4.35. The van der Waals surface area contributed by atoms with Crippen molar-refractivity contribution >= 4 is 42.6 Å². The number of fused-ring (bicyclic) bond motifs is 5. The van der Waals surface area contributed by atoms with Gasteiger partial charge in [0.2, 0.25) is 0 Å². The number of nitrogens with one attached hydrogen (secondary N) is 1. The highest BCUT2D eigenvalue weighted by molar-refractivity contribution is 7.10. The third kappa shape index (κ3) is 5.52. The minimum absolute atomic E-state index is 0.00623. The zero-order valence-electron chi connectivity index (χ0n) is 29.7. The zero-order valence-corrected chi connectivity index (χ0v) is 32.0. The van der Waals surface area contributed by atoms with Crippen molar-refractivity contribution in [3.05, 3.63) is 82.9 Å². The average molecular weight is 754 g/mol. The van der Waals surface area contributed by atoms with Crippen LogP contribution in [0.15, 0.2) is 71.8 Å². The van der Waals surface area contributed by atoms with E-state index in [-0.39, 0.29) is 19.4 Å². The molecule has 2 saturated carbocycles. The van der Waals surface area contributed by atoms with Gasteiger partial charge in [0.25, 0.3) is 5.91 Å². The molecule has 52 heavy (non-hydrogen) atoms. The molecule has 2 N–H and O–H groups in total. The highest BCUT2D eigenvalue weighted by Crippen LogP contribution is 2.71. The molecule has 7 rings (SSSR count). The minimum Gasteiger partial charge on any atom is -0.456 e. The predicted molar refractivity (Wildman–Crippen MR) is 192 cm³/mol. The van der Waals surface area contributed by atoms with Crippen molar-refractivity contribution in [1.29, 1.82) is 0 Å². The third-order valence-electron chi connectivity index (χ3n) is 12.4. The molecule has 5 aliphatic rings. The third-order valence-corrected chi connectivity index (χ3v) is 13.0. The fourth-order valence-corrected chi connectivity index (χ4v) is 10.3. The number of amides is 1. The van der Waals surface area contributed by atoms with Crippen LogP contribution >= 0.6 is 18.9 Å². The summed E-state index contributed by atoms with van der Waals surface area (Å²) in [4.78, 5) is 55.5. The number of rotatable bonds is 9. The standard InChI is InChI=1S/C38H45NO11P2/c1-19-23(47-34(43)29(50-52)27(21-12-8-6-9-13-21)39-33(42)22-14-10-7-11-15-22)17-38-32(48-38)30-36(5,24(49-51)16-25-37(30,44)18-45-25)31(41)28(46-20(2)40)26(19)35(38,3)4/h6-15,23-25,27-30,32,44H,16-18,51-52H2,1-5H3,(H,39,42)/t23-,24-,25+,27-,28+,29+,30?,32-,36+,37-,38+/m0/s1. The molecule has 2 aromatic rings. The van der Waals surface area contributed by atoms with Gasteiger partial charge in [-0.15, -0.1) is 0 Å². The van der Waals surface area contributed by atoms with Gasteiger partial charge in [-0.3, -0.25) is 14.4 Å². The second kappa shape index (κ2) is 13.3. The number of ketones is 1. The number of carbonyl (C=O) groups is 4. The smallest absolute Gasteiger partial charge is 0.338 e. The van der Waals surface area contributed by atoms with Crippen LogP contribution in [0.5, 0.6) is 0 Å². The largest absolute Gasteiger partial charge is 0.456 e. The van der Waals surface area contributed by atoms with Crippen LogP contribution in [0.1, 0.15) is 69.4 Å². The number of ether oxygens (including phenoxy) is 4. The van der Waals surface area contributed by atoms with E-state index in [0.29, 0.717) is 22.3 Å². The minimum atomic E-state index is -1.41. The van der Waals surface area contributed by atoms with Crippen molar-refractivity contribution < 1.29 is 52.3 Å². The number of epoxide rings is 1. The maximum Gasteiger partial charge on any atom is 0.338 e. The van der Waals surface area contributed by atoms with Crippen LogP contribution in [-0.4, -0.2) is 83.2 Å². The summed E-state index contributed by atoms with van der Waals surface area (Å²) >= 11 is 0. The molecule has 0 radical (unpaired) electrons. The number of hydrogen-bond donors (Lipinski definition) is 2. The topological polar surface area (TPSA) is 159 Å². The van der Waals surface area contributed by atoms with Gasteiger partial charge in [-0.2, -0.15) is 0 Å². The molecular weight excluding hydrogens is 708 g/mol. The van der Waals surface area contributed by atoms with Gasteiger partial charge in [-0.25, -0.2) is 4.79 Å². The Kier molecular flexibility index (Phi) is 9.56. The van der Waals surface area contributed by atoms with Crippen LogP contribution in [-0.2, 0) is 42.4 Å². The Bertz CT molecular complexity index is 1810. The Labute approximate surface area is 307 Å². The molecule has 1 amide bonds. The summed E-state index contributed by atoms with van der Waals surface area (Å²) in [5, 5.41) is 15.1. The van der Waals surface area contributed by atoms with Crippen molar-refractivity contribution in [1.82, 2.24) is 5.32 Å². The first-order valence-electron chi connectivity index (χ1n) is 17.4.